The van der Waals surface area contributed by atoms with Crippen molar-refractivity contribution in [3.8, 4) is 0 Å². The van der Waals surface area contributed by atoms with E-state index in [4.69, 9.17) is 0 Å². The molecule has 82 valence electrons. The minimum atomic E-state index is -0.0513. The van der Waals surface area contributed by atoms with E-state index in [2.05, 4.69) is 10.9 Å². The summed E-state index contributed by atoms with van der Waals surface area (Å²) in [7, 11) is 0. The van der Waals surface area contributed by atoms with E-state index in [9.17, 15) is 4.79 Å². The van der Waals surface area contributed by atoms with Gasteiger partial charge in [-0.3, -0.25) is 10.2 Å². The molecule has 0 aromatic heterocycles. The largest absolute Gasteiger partial charge is 0.291 e. The summed E-state index contributed by atoms with van der Waals surface area (Å²) in [5.41, 5.74) is 5.77. The minimum absolute atomic E-state index is 0.0513. The molecule has 1 rings (SSSR count). The standard InChI is InChI=1S/C11H22N2O/c1-11(2,3)13-12-10(14)9-7-5-4-6-8-9/h9,13H,4-8H2,1-3H3,(H,12,14). The minimum Gasteiger partial charge on any atom is -0.291 e. The number of nitrogens with one attached hydrogen (secondary N) is 2. The lowest BCUT2D eigenvalue weighted by Gasteiger charge is -2.25. The molecule has 0 bridgehead atoms. The first kappa shape index (κ1) is 11.5. The SMILES string of the molecule is CC(C)(C)NNC(=O)C1CCCCC1. The molecule has 2 N–H and O–H groups in total. The van der Waals surface area contributed by atoms with Crippen LogP contribution in [0.4, 0.5) is 0 Å². The fraction of sp³-hybridized carbons (Fsp3) is 0.909. The van der Waals surface area contributed by atoms with E-state index in [-0.39, 0.29) is 17.4 Å². The van der Waals surface area contributed by atoms with Crippen LogP contribution < -0.4 is 10.9 Å². The van der Waals surface area contributed by atoms with Gasteiger partial charge in [0.25, 0.3) is 0 Å². The second kappa shape index (κ2) is 4.78. The van der Waals surface area contributed by atoms with E-state index in [1.807, 2.05) is 20.8 Å². The molecule has 1 saturated carbocycles. The number of rotatable bonds is 2. The Kier molecular flexibility index (Phi) is 3.93. The summed E-state index contributed by atoms with van der Waals surface area (Å²) in [4.78, 5) is 11.7. The third-order valence-corrected chi connectivity index (χ3v) is 2.54. The van der Waals surface area contributed by atoms with Crippen LogP contribution in [0.3, 0.4) is 0 Å². The normalized spacial score (nSPS) is 19.4. The Morgan fingerprint density at radius 1 is 1.14 bits per heavy atom. The number of carbonyl (C=O) groups excluding carboxylic acids is 1. The van der Waals surface area contributed by atoms with Gasteiger partial charge in [-0.15, -0.1) is 0 Å². The first-order chi connectivity index (χ1) is 6.49. The van der Waals surface area contributed by atoms with E-state index in [1.54, 1.807) is 0 Å². The first-order valence-corrected chi connectivity index (χ1v) is 5.56. The number of hydrogen-bond donors (Lipinski definition) is 2. The molecular weight excluding hydrogens is 176 g/mol. The maximum Gasteiger partial charge on any atom is 0.237 e. The molecule has 0 aromatic rings. The molecular formula is C11H22N2O. The van der Waals surface area contributed by atoms with Crippen molar-refractivity contribution in [1.82, 2.24) is 10.9 Å². The summed E-state index contributed by atoms with van der Waals surface area (Å²) < 4.78 is 0. The van der Waals surface area contributed by atoms with Gasteiger partial charge >= 0.3 is 0 Å². The summed E-state index contributed by atoms with van der Waals surface area (Å²) in [5.74, 6) is 0.401. The highest BCUT2D eigenvalue weighted by atomic mass is 16.2. The van der Waals surface area contributed by atoms with Crippen molar-refractivity contribution < 1.29 is 4.79 Å². The fourth-order valence-corrected chi connectivity index (χ4v) is 1.72. The van der Waals surface area contributed by atoms with Crippen molar-refractivity contribution >= 4 is 5.91 Å². The van der Waals surface area contributed by atoms with E-state index in [0.29, 0.717) is 0 Å². The summed E-state index contributed by atoms with van der Waals surface area (Å²) in [6.45, 7) is 6.11. The zero-order valence-corrected chi connectivity index (χ0v) is 9.52. The van der Waals surface area contributed by atoms with Gasteiger partial charge in [-0.1, -0.05) is 19.3 Å². The molecule has 1 aliphatic rings. The van der Waals surface area contributed by atoms with Gasteiger partial charge in [0.15, 0.2) is 0 Å². The van der Waals surface area contributed by atoms with Crippen LogP contribution in [0.25, 0.3) is 0 Å². The molecule has 3 nitrogen and oxygen atoms in total. The van der Waals surface area contributed by atoms with Crippen LogP contribution in [0, 0.1) is 5.92 Å². The Labute approximate surface area is 86.6 Å². The van der Waals surface area contributed by atoms with Gasteiger partial charge in [0.1, 0.15) is 0 Å². The predicted octanol–water partition coefficient (Wildman–Crippen LogP) is 1.99. The van der Waals surface area contributed by atoms with Crippen LogP contribution in [0.2, 0.25) is 0 Å². The van der Waals surface area contributed by atoms with Crippen molar-refractivity contribution in [3.05, 3.63) is 0 Å². The number of carbonyl (C=O) groups is 1. The summed E-state index contributed by atoms with van der Waals surface area (Å²) in [6, 6.07) is 0. The van der Waals surface area contributed by atoms with Crippen LogP contribution in [0.1, 0.15) is 52.9 Å². The lowest BCUT2D eigenvalue weighted by molar-refractivity contribution is -0.127. The second-order valence-electron chi connectivity index (χ2n) is 5.20. The molecule has 0 spiro atoms. The van der Waals surface area contributed by atoms with Gasteiger partial charge in [-0.05, 0) is 33.6 Å². The number of amides is 1. The maximum absolute atomic E-state index is 11.7. The lowest BCUT2D eigenvalue weighted by atomic mass is 9.89. The molecule has 0 unspecified atom stereocenters. The van der Waals surface area contributed by atoms with Crippen molar-refractivity contribution in [2.75, 3.05) is 0 Å². The van der Waals surface area contributed by atoms with Crippen molar-refractivity contribution in [3.63, 3.8) is 0 Å². The Bertz CT molecular complexity index is 190. The topological polar surface area (TPSA) is 41.1 Å². The molecule has 0 atom stereocenters. The van der Waals surface area contributed by atoms with E-state index in [0.717, 1.165) is 12.8 Å². The van der Waals surface area contributed by atoms with Crippen LogP contribution in [-0.2, 0) is 4.79 Å². The molecule has 0 heterocycles. The smallest absolute Gasteiger partial charge is 0.237 e. The van der Waals surface area contributed by atoms with Crippen molar-refractivity contribution in [2.45, 2.75) is 58.4 Å². The van der Waals surface area contributed by atoms with E-state index >= 15 is 0 Å². The third kappa shape index (κ3) is 4.09. The molecule has 1 aliphatic carbocycles. The van der Waals surface area contributed by atoms with Crippen molar-refractivity contribution in [2.24, 2.45) is 5.92 Å². The van der Waals surface area contributed by atoms with Gasteiger partial charge in [0.05, 0.1) is 0 Å². The van der Waals surface area contributed by atoms with Crippen LogP contribution in [0.5, 0.6) is 0 Å². The highest BCUT2D eigenvalue weighted by Crippen LogP contribution is 2.23. The first-order valence-electron chi connectivity index (χ1n) is 5.56. The zero-order valence-electron chi connectivity index (χ0n) is 9.52. The number of hydrazine groups is 1. The van der Waals surface area contributed by atoms with Crippen molar-refractivity contribution in [1.29, 1.82) is 0 Å². The summed E-state index contributed by atoms with van der Waals surface area (Å²) >= 11 is 0. The Hall–Kier alpha value is -0.570. The quantitative estimate of drug-likeness (QED) is 0.666. The average molecular weight is 198 g/mol. The number of hydrogen-bond acceptors (Lipinski definition) is 2. The van der Waals surface area contributed by atoms with Gasteiger partial charge in [-0.2, -0.15) is 0 Å². The molecule has 0 saturated heterocycles. The molecule has 3 heteroatoms. The summed E-state index contributed by atoms with van der Waals surface area (Å²) in [6.07, 6.45) is 5.80. The van der Waals surface area contributed by atoms with Gasteiger partial charge in [0, 0.05) is 11.5 Å². The highest BCUT2D eigenvalue weighted by molar-refractivity contribution is 5.78. The summed E-state index contributed by atoms with van der Waals surface area (Å²) in [5, 5.41) is 0. The molecule has 14 heavy (non-hydrogen) atoms. The van der Waals surface area contributed by atoms with Gasteiger partial charge in [0.2, 0.25) is 5.91 Å². The lowest BCUT2D eigenvalue weighted by Crippen LogP contribution is -2.50. The zero-order chi connectivity index (χ0) is 10.6. The van der Waals surface area contributed by atoms with Crippen LogP contribution in [-0.4, -0.2) is 11.4 Å². The van der Waals surface area contributed by atoms with Crippen LogP contribution >= 0.6 is 0 Å². The molecule has 1 amide bonds. The van der Waals surface area contributed by atoms with Crippen LogP contribution in [0.15, 0.2) is 0 Å². The van der Waals surface area contributed by atoms with E-state index < -0.39 is 0 Å². The Morgan fingerprint density at radius 2 is 1.71 bits per heavy atom. The molecule has 1 fully saturated rings. The molecule has 0 aromatic carbocycles. The molecule has 0 aliphatic heterocycles. The Balaban J connectivity index is 2.27. The third-order valence-electron chi connectivity index (χ3n) is 2.54. The Morgan fingerprint density at radius 3 is 2.21 bits per heavy atom. The highest BCUT2D eigenvalue weighted by Gasteiger charge is 2.21. The van der Waals surface area contributed by atoms with Gasteiger partial charge in [-0.25, -0.2) is 5.43 Å². The fourth-order valence-electron chi connectivity index (χ4n) is 1.72. The predicted molar refractivity (Wildman–Crippen MR) is 57.6 cm³/mol. The molecule has 0 radical (unpaired) electrons. The average Bonchev–Trinajstić information content (AvgIpc) is 2.14. The second-order valence-corrected chi connectivity index (χ2v) is 5.20. The maximum atomic E-state index is 11.7. The van der Waals surface area contributed by atoms with Gasteiger partial charge < -0.3 is 0 Å². The van der Waals surface area contributed by atoms with E-state index in [1.165, 1.54) is 19.3 Å². The monoisotopic (exact) mass is 198 g/mol.